The molecule has 0 fully saturated rings. The lowest BCUT2D eigenvalue weighted by molar-refractivity contribution is -0.150. The molecular formula is C10H18N2O3. The van der Waals surface area contributed by atoms with Crippen molar-refractivity contribution >= 4 is 11.9 Å². The van der Waals surface area contributed by atoms with E-state index in [1.54, 1.807) is 14.0 Å². The summed E-state index contributed by atoms with van der Waals surface area (Å²) in [6.45, 7) is 7.41. The summed E-state index contributed by atoms with van der Waals surface area (Å²) in [5.41, 5.74) is 0.393. The Morgan fingerprint density at radius 3 is 2.27 bits per heavy atom. The standard InChI is InChI=1S/C10H18N2O3/c1-5-6-12(7-9(13)14)11(4)10(15)8(2)3/h2,5-7H2,1,3-4H3,(H,13,14). The van der Waals surface area contributed by atoms with E-state index in [4.69, 9.17) is 5.11 Å². The van der Waals surface area contributed by atoms with Gasteiger partial charge in [-0.15, -0.1) is 0 Å². The second kappa shape index (κ2) is 6.19. The lowest BCUT2D eigenvalue weighted by atomic mass is 10.3. The van der Waals surface area contributed by atoms with Gasteiger partial charge in [-0.05, 0) is 13.3 Å². The maximum absolute atomic E-state index is 11.5. The van der Waals surface area contributed by atoms with Gasteiger partial charge < -0.3 is 5.11 Å². The summed E-state index contributed by atoms with van der Waals surface area (Å²) in [7, 11) is 1.55. The Morgan fingerprint density at radius 1 is 1.40 bits per heavy atom. The van der Waals surface area contributed by atoms with Gasteiger partial charge in [-0.25, -0.2) is 5.01 Å². The number of aliphatic carboxylic acids is 1. The lowest BCUT2D eigenvalue weighted by Gasteiger charge is -2.30. The van der Waals surface area contributed by atoms with Crippen molar-refractivity contribution in [2.75, 3.05) is 20.1 Å². The molecule has 0 saturated carbocycles. The van der Waals surface area contributed by atoms with Crippen LogP contribution in [0.4, 0.5) is 0 Å². The molecule has 0 heterocycles. The SMILES string of the molecule is C=C(C)C(=O)N(C)N(CCC)CC(=O)O. The molecule has 0 spiro atoms. The van der Waals surface area contributed by atoms with Gasteiger partial charge in [-0.3, -0.25) is 14.6 Å². The maximum Gasteiger partial charge on any atom is 0.319 e. The number of carbonyl (C=O) groups excluding carboxylic acids is 1. The van der Waals surface area contributed by atoms with Crippen molar-refractivity contribution in [3.05, 3.63) is 12.2 Å². The van der Waals surface area contributed by atoms with E-state index < -0.39 is 5.97 Å². The van der Waals surface area contributed by atoms with Crippen LogP contribution in [0.2, 0.25) is 0 Å². The van der Waals surface area contributed by atoms with Gasteiger partial charge in [-0.1, -0.05) is 13.5 Å². The number of amides is 1. The highest BCUT2D eigenvalue weighted by atomic mass is 16.4. The summed E-state index contributed by atoms with van der Waals surface area (Å²) in [6, 6.07) is 0. The number of carboxylic acids is 1. The van der Waals surface area contributed by atoms with Crippen LogP contribution in [0.5, 0.6) is 0 Å². The van der Waals surface area contributed by atoms with Crippen molar-refractivity contribution in [2.24, 2.45) is 0 Å². The molecular weight excluding hydrogens is 196 g/mol. The molecule has 86 valence electrons. The first-order valence-corrected chi connectivity index (χ1v) is 4.80. The molecule has 0 saturated heterocycles. The Morgan fingerprint density at radius 2 is 1.93 bits per heavy atom. The number of hydrogen-bond acceptors (Lipinski definition) is 3. The molecule has 0 rings (SSSR count). The molecule has 0 bridgehead atoms. The molecule has 5 heteroatoms. The van der Waals surface area contributed by atoms with E-state index in [2.05, 4.69) is 6.58 Å². The van der Waals surface area contributed by atoms with Gasteiger partial charge in [-0.2, -0.15) is 0 Å². The van der Waals surface area contributed by atoms with Gasteiger partial charge in [0.1, 0.15) is 6.54 Å². The molecule has 0 aromatic carbocycles. The Hall–Kier alpha value is -1.36. The third-order valence-corrected chi connectivity index (χ3v) is 1.88. The van der Waals surface area contributed by atoms with Gasteiger partial charge in [0.05, 0.1) is 0 Å². The fourth-order valence-electron chi connectivity index (χ4n) is 1.15. The Balaban J connectivity index is 4.53. The fourth-order valence-corrected chi connectivity index (χ4v) is 1.15. The molecule has 0 unspecified atom stereocenters. The zero-order chi connectivity index (χ0) is 12.0. The van der Waals surface area contributed by atoms with E-state index in [-0.39, 0.29) is 12.5 Å². The molecule has 5 nitrogen and oxygen atoms in total. The van der Waals surface area contributed by atoms with Gasteiger partial charge in [0.15, 0.2) is 0 Å². The molecule has 0 aromatic heterocycles. The van der Waals surface area contributed by atoms with Crippen LogP contribution < -0.4 is 0 Å². The van der Waals surface area contributed by atoms with E-state index in [1.807, 2.05) is 6.92 Å². The molecule has 0 aliphatic rings. The van der Waals surface area contributed by atoms with Crippen molar-refractivity contribution in [3.63, 3.8) is 0 Å². The minimum Gasteiger partial charge on any atom is -0.480 e. The van der Waals surface area contributed by atoms with E-state index in [0.717, 1.165) is 6.42 Å². The second-order valence-corrected chi connectivity index (χ2v) is 3.39. The van der Waals surface area contributed by atoms with E-state index in [1.165, 1.54) is 10.0 Å². The lowest BCUT2D eigenvalue weighted by Crippen LogP contribution is -2.46. The Bertz CT molecular complexity index is 263. The molecule has 15 heavy (non-hydrogen) atoms. The number of likely N-dealkylation sites (N-methyl/N-ethyl adjacent to an activating group) is 1. The van der Waals surface area contributed by atoms with Crippen LogP contribution in [-0.4, -0.2) is 47.1 Å². The molecule has 1 N–H and O–H groups in total. The predicted molar refractivity (Wildman–Crippen MR) is 57.1 cm³/mol. The van der Waals surface area contributed by atoms with E-state index in [9.17, 15) is 9.59 Å². The van der Waals surface area contributed by atoms with Crippen molar-refractivity contribution in [1.82, 2.24) is 10.0 Å². The zero-order valence-corrected chi connectivity index (χ0v) is 9.49. The van der Waals surface area contributed by atoms with Crippen molar-refractivity contribution in [2.45, 2.75) is 20.3 Å². The molecule has 0 atom stereocenters. The average Bonchev–Trinajstić information content (AvgIpc) is 2.14. The van der Waals surface area contributed by atoms with Crippen LogP contribution in [0, 0.1) is 0 Å². The molecule has 0 aromatic rings. The van der Waals surface area contributed by atoms with Crippen LogP contribution >= 0.6 is 0 Å². The monoisotopic (exact) mass is 214 g/mol. The third-order valence-electron chi connectivity index (χ3n) is 1.88. The van der Waals surface area contributed by atoms with Crippen LogP contribution in [0.15, 0.2) is 12.2 Å². The molecule has 0 aliphatic heterocycles. The highest BCUT2D eigenvalue weighted by Crippen LogP contribution is 2.02. The van der Waals surface area contributed by atoms with E-state index >= 15 is 0 Å². The first kappa shape index (κ1) is 13.6. The first-order valence-electron chi connectivity index (χ1n) is 4.80. The number of carbonyl (C=O) groups is 2. The quantitative estimate of drug-likeness (QED) is 0.523. The summed E-state index contributed by atoms with van der Waals surface area (Å²) < 4.78 is 0. The summed E-state index contributed by atoms with van der Waals surface area (Å²) in [5, 5.41) is 11.5. The number of carboxylic acid groups (broad SMARTS) is 1. The minimum atomic E-state index is -0.954. The Kier molecular flexibility index (Phi) is 5.62. The van der Waals surface area contributed by atoms with Gasteiger partial charge in [0.25, 0.3) is 5.91 Å². The second-order valence-electron chi connectivity index (χ2n) is 3.39. The summed E-state index contributed by atoms with van der Waals surface area (Å²) in [5.74, 6) is -1.21. The summed E-state index contributed by atoms with van der Waals surface area (Å²) in [4.78, 5) is 22.1. The van der Waals surface area contributed by atoms with Crippen molar-refractivity contribution in [3.8, 4) is 0 Å². The predicted octanol–water partition coefficient (Wildman–Crippen LogP) is 0.733. The zero-order valence-electron chi connectivity index (χ0n) is 9.49. The Labute approximate surface area is 89.9 Å². The van der Waals surface area contributed by atoms with Crippen LogP contribution in [0.1, 0.15) is 20.3 Å². The van der Waals surface area contributed by atoms with E-state index in [0.29, 0.717) is 12.1 Å². The number of hydrogen-bond donors (Lipinski definition) is 1. The van der Waals surface area contributed by atoms with Crippen molar-refractivity contribution < 1.29 is 14.7 Å². The highest BCUT2D eigenvalue weighted by Gasteiger charge is 2.19. The van der Waals surface area contributed by atoms with Crippen molar-refractivity contribution in [1.29, 1.82) is 0 Å². The smallest absolute Gasteiger partial charge is 0.319 e. The number of hydrazine groups is 1. The van der Waals surface area contributed by atoms with Gasteiger partial charge >= 0.3 is 5.97 Å². The third kappa shape index (κ3) is 4.60. The number of rotatable bonds is 6. The maximum atomic E-state index is 11.5. The minimum absolute atomic E-state index is 0.177. The summed E-state index contributed by atoms with van der Waals surface area (Å²) >= 11 is 0. The van der Waals surface area contributed by atoms with Crippen LogP contribution in [0.25, 0.3) is 0 Å². The highest BCUT2D eigenvalue weighted by molar-refractivity contribution is 5.91. The summed E-state index contributed by atoms with van der Waals surface area (Å²) in [6.07, 6.45) is 0.779. The molecule has 1 amide bonds. The van der Waals surface area contributed by atoms with Crippen LogP contribution in [-0.2, 0) is 9.59 Å². The van der Waals surface area contributed by atoms with Gasteiger partial charge in [0, 0.05) is 19.2 Å². The normalized spacial score (nSPS) is 10.1. The first-order chi connectivity index (χ1) is 6.90. The fraction of sp³-hybridized carbons (Fsp3) is 0.600. The van der Waals surface area contributed by atoms with Crippen LogP contribution in [0.3, 0.4) is 0 Å². The topological polar surface area (TPSA) is 60.9 Å². The van der Waals surface area contributed by atoms with Gasteiger partial charge in [0.2, 0.25) is 0 Å². The molecule has 0 radical (unpaired) electrons. The number of nitrogens with zero attached hydrogens (tertiary/aromatic N) is 2. The average molecular weight is 214 g/mol. The largest absolute Gasteiger partial charge is 0.480 e. The molecule has 0 aliphatic carbocycles.